The minimum atomic E-state index is -0.173. The van der Waals surface area contributed by atoms with Gasteiger partial charge in [-0.3, -0.25) is 14.6 Å². The number of Topliss-reactive ketones (excluding diaryl/α,β-unsaturated/α-hetero) is 1. The largest absolute Gasteiger partial charge is 0.379 e. The molecule has 0 bridgehead atoms. The summed E-state index contributed by atoms with van der Waals surface area (Å²) in [6.07, 6.45) is 0. The molecule has 1 aromatic carbocycles. The highest BCUT2D eigenvalue weighted by molar-refractivity contribution is 6.30. The molecule has 2 aliphatic rings. The standard InChI is InChI=1S/C18H25ClN2O3/c1-14(22)17(20-6-10-23-11-7-20)18(21-8-12-24-13-9-21)15-2-4-16(19)5-3-15/h2-5,17-18H,6-13H2,1H3. The van der Waals surface area contributed by atoms with Crippen molar-refractivity contribution in [2.45, 2.75) is 19.0 Å². The van der Waals surface area contributed by atoms with Crippen molar-refractivity contribution >= 4 is 17.4 Å². The Bertz CT molecular complexity index is 540. The number of ether oxygens (including phenoxy) is 2. The van der Waals surface area contributed by atoms with E-state index in [1.807, 2.05) is 24.3 Å². The number of nitrogens with zero attached hydrogens (tertiary/aromatic N) is 2. The van der Waals surface area contributed by atoms with Gasteiger partial charge in [0.25, 0.3) is 0 Å². The van der Waals surface area contributed by atoms with Crippen molar-refractivity contribution in [3.05, 3.63) is 34.9 Å². The van der Waals surface area contributed by atoms with Crippen molar-refractivity contribution in [1.82, 2.24) is 9.80 Å². The van der Waals surface area contributed by atoms with Crippen LogP contribution in [-0.4, -0.2) is 74.2 Å². The first-order valence-electron chi connectivity index (χ1n) is 8.56. The number of carbonyl (C=O) groups excluding carboxylic acids is 1. The van der Waals surface area contributed by atoms with Crippen molar-refractivity contribution in [3.63, 3.8) is 0 Å². The Kier molecular flexibility index (Phi) is 6.25. The number of halogens is 1. The molecule has 0 aliphatic carbocycles. The van der Waals surface area contributed by atoms with Crippen LogP contribution in [0.1, 0.15) is 18.5 Å². The van der Waals surface area contributed by atoms with Gasteiger partial charge >= 0.3 is 0 Å². The number of ketones is 1. The topological polar surface area (TPSA) is 42.0 Å². The summed E-state index contributed by atoms with van der Waals surface area (Å²) in [5.74, 6) is 0.198. The molecule has 0 spiro atoms. The van der Waals surface area contributed by atoms with E-state index in [0.717, 1.165) is 31.7 Å². The van der Waals surface area contributed by atoms with Gasteiger partial charge in [0.2, 0.25) is 0 Å². The molecular formula is C18H25ClN2O3. The fourth-order valence-electron chi connectivity index (χ4n) is 3.64. The molecule has 0 N–H and O–H groups in total. The fraction of sp³-hybridized carbons (Fsp3) is 0.611. The quantitative estimate of drug-likeness (QED) is 0.811. The van der Waals surface area contributed by atoms with Crippen LogP contribution in [0.5, 0.6) is 0 Å². The van der Waals surface area contributed by atoms with Gasteiger partial charge in [0.05, 0.1) is 38.5 Å². The van der Waals surface area contributed by atoms with Crippen molar-refractivity contribution in [3.8, 4) is 0 Å². The van der Waals surface area contributed by atoms with Crippen LogP contribution in [-0.2, 0) is 14.3 Å². The highest BCUT2D eigenvalue weighted by atomic mass is 35.5. The normalized spacial score (nSPS) is 22.9. The Hall–Kier alpha value is -0.980. The van der Waals surface area contributed by atoms with E-state index in [2.05, 4.69) is 9.80 Å². The molecule has 0 saturated carbocycles. The predicted molar refractivity (Wildman–Crippen MR) is 93.4 cm³/mol. The second-order valence-electron chi connectivity index (χ2n) is 6.35. The number of rotatable bonds is 5. The van der Waals surface area contributed by atoms with Crippen LogP contribution in [0.25, 0.3) is 0 Å². The van der Waals surface area contributed by atoms with Crippen LogP contribution >= 0.6 is 11.6 Å². The lowest BCUT2D eigenvalue weighted by Gasteiger charge is -2.43. The van der Waals surface area contributed by atoms with E-state index in [1.165, 1.54) is 0 Å². The lowest BCUT2D eigenvalue weighted by Crippen LogP contribution is -2.55. The number of carbonyl (C=O) groups is 1. The summed E-state index contributed by atoms with van der Waals surface area (Å²) in [5.41, 5.74) is 1.13. The molecule has 1 aromatic rings. The third-order valence-electron chi connectivity index (χ3n) is 4.81. The maximum atomic E-state index is 12.6. The van der Waals surface area contributed by atoms with Crippen LogP contribution in [0.15, 0.2) is 24.3 Å². The number of benzene rings is 1. The van der Waals surface area contributed by atoms with Gasteiger partial charge < -0.3 is 9.47 Å². The van der Waals surface area contributed by atoms with E-state index in [9.17, 15) is 4.79 Å². The third kappa shape index (κ3) is 4.16. The van der Waals surface area contributed by atoms with Gasteiger partial charge in [0, 0.05) is 31.2 Å². The van der Waals surface area contributed by atoms with Crippen molar-refractivity contribution in [1.29, 1.82) is 0 Å². The zero-order valence-electron chi connectivity index (χ0n) is 14.1. The Morgan fingerprint density at radius 1 is 0.958 bits per heavy atom. The average Bonchev–Trinajstić information content (AvgIpc) is 2.62. The Labute approximate surface area is 148 Å². The van der Waals surface area contributed by atoms with Crippen LogP contribution in [0.2, 0.25) is 5.02 Å². The predicted octanol–water partition coefficient (Wildman–Crippen LogP) is 2.00. The molecule has 2 fully saturated rings. The Balaban J connectivity index is 1.93. The summed E-state index contributed by atoms with van der Waals surface area (Å²) in [6.45, 7) is 7.72. The van der Waals surface area contributed by atoms with Crippen LogP contribution in [0.3, 0.4) is 0 Å². The molecule has 0 amide bonds. The second kappa shape index (κ2) is 8.41. The monoisotopic (exact) mass is 352 g/mol. The van der Waals surface area contributed by atoms with Gasteiger partial charge in [-0.25, -0.2) is 0 Å². The zero-order chi connectivity index (χ0) is 16.9. The lowest BCUT2D eigenvalue weighted by molar-refractivity contribution is -0.128. The molecule has 0 aromatic heterocycles. The first-order valence-corrected chi connectivity index (χ1v) is 8.94. The van der Waals surface area contributed by atoms with Gasteiger partial charge in [-0.15, -0.1) is 0 Å². The first-order chi connectivity index (χ1) is 11.7. The Morgan fingerprint density at radius 2 is 1.46 bits per heavy atom. The molecular weight excluding hydrogens is 328 g/mol. The van der Waals surface area contributed by atoms with Crippen LogP contribution < -0.4 is 0 Å². The van der Waals surface area contributed by atoms with E-state index in [4.69, 9.17) is 21.1 Å². The minimum absolute atomic E-state index is 0.0155. The molecule has 3 rings (SSSR count). The lowest BCUT2D eigenvalue weighted by atomic mass is 9.93. The molecule has 2 heterocycles. The number of morpholine rings is 2. The summed E-state index contributed by atoms with van der Waals surface area (Å²) in [5, 5.41) is 0.713. The van der Waals surface area contributed by atoms with Crippen molar-refractivity contribution in [2.24, 2.45) is 0 Å². The van der Waals surface area contributed by atoms with E-state index >= 15 is 0 Å². The van der Waals surface area contributed by atoms with E-state index in [1.54, 1.807) is 6.92 Å². The van der Waals surface area contributed by atoms with Crippen LogP contribution in [0, 0.1) is 0 Å². The number of hydrogen-bond donors (Lipinski definition) is 0. The van der Waals surface area contributed by atoms with E-state index in [0.29, 0.717) is 31.5 Å². The molecule has 0 radical (unpaired) electrons. The SMILES string of the molecule is CC(=O)C(C(c1ccc(Cl)cc1)N1CCOCC1)N1CCOCC1. The van der Waals surface area contributed by atoms with Crippen molar-refractivity contribution < 1.29 is 14.3 Å². The summed E-state index contributed by atoms with van der Waals surface area (Å²) < 4.78 is 11.0. The molecule has 5 nitrogen and oxygen atoms in total. The molecule has 24 heavy (non-hydrogen) atoms. The van der Waals surface area contributed by atoms with Crippen molar-refractivity contribution in [2.75, 3.05) is 52.6 Å². The van der Waals surface area contributed by atoms with Crippen LogP contribution in [0.4, 0.5) is 0 Å². The van der Waals surface area contributed by atoms with Gasteiger partial charge in [-0.1, -0.05) is 23.7 Å². The van der Waals surface area contributed by atoms with Gasteiger partial charge in [0.1, 0.15) is 5.78 Å². The molecule has 2 aliphatic heterocycles. The molecule has 6 heteroatoms. The molecule has 2 unspecified atom stereocenters. The number of hydrogen-bond acceptors (Lipinski definition) is 5. The highest BCUT2D eigenvalue weighted by Crippen LogP contribution is 2.30. The minimum Gasteiger partial charge on any atom is -0.379 e. The molecule has 132 valence electrons. The zero-order valence-corrected chi connectivity index (χ0v) is 14.9. The van der Waals surface area contributed by atoms with Gasteiger partial charge in [-0.05, 0) is 24.6 Å². The summed E-state index contributed by atoms with van der Waals surface area (Å²) >= 11 is 6.07. The molecule has 2 saturated heterocycles. The maximum absolute atomic E-state index is 12.6. The Morgan fingerprint density at radius 3 is 1.96 bits per heavy atom. The fourth-order valence-corrected chi connectivity index (χ4v) is 3.77. The smallest absolute Gasteiger partial charge is 0.148 e. The summed E-state index contributed by atoms with van der Waals surface area (Å²) in [6, 6.07) is 7.73. The second-order valence-corrected chi connectivity index (χ2v) is 6.78. The first kappa shape index (κ1) is 17.8. The van der Waals surface area contributed by atoms with E-state index < -0.39 is 0 Å². The average molecular weight is 353 g/mol. The van der Waals surface area contributed by atoms with Gasteiger partial charge in [-0.2, -0.15) is 0 Å². The maximum Gasteiger partial charge on any atom is 0.148 e. The van der Waals surface area contributed by atoms with E-state index in [-0.39, 0.29) is 17.9 Å². The summed E-state index contributed by atoms with van der Waals surface area (Å²) in [4.78, 5) is 17.2. The highest BCUT2D eigenvalue weighted by Gasteiger charge is 2.37. The molecule has 2 atom stereocenters. The third-order valence-corrected chi connectivity index (χ3v) is 5.06. The van der Waals surface area contributed by atoms with Gasteiger partial charge in [0.15, 0.2) is 0 Å². The summed E-state index contributed by atoms with van der Waals surface area (Å²) in [7, 11) is 0.